The summed E-state index contributed by atoms with van der Waals surface area (Å²) in [6, 6.07) is 19.5. The molecule has 0 fully saturated rings. The summed E-state index contributed by atoms with van der Waals surface area (Å²) < 4.78 is 40.6. The normalized spacial score (nSPS) is 12.8. The summed E-state index contributed by atoms with van der Waals surface area (Å²) >= 11 is 0. The molecule has 0 N–H and O–H groups in total. The maximum Gasteiger partial charge on any atom is 0.416 e. The molecule has 3 aromatic rings. The molecule has 0 unspecified atom stereocenters. The highest BCUT2D eigenvalue weighted by atomic mass is 19.4. The molecule has 0 aliphatic rings. The molecular weight excluding hydrogens is 411 g/mol. The fraction of sp³-hybridized carbons (Fsp3) is 0.346. The van der Waals surface area contributed by atoms with Crippen LogP contribution in [0.25, 0.3) is 0 Å². The van der Waals surface area contributed by atoms with Gasteiger partial charge in [-0.15, -0.1) is 0 Å². The molecule has 1 heterocycles. The summed E-state index contributed by atoms with van der Waals surface area (Å²) in [7, 11) is 0. The summed E-state index contributed by atoms with van der Waals surface area (Å²) in [6.45, 7) is 8.57. The van der Waals surface area contributed by atoms with E-state index in [1.54, 1.807) is 0 Å². The largest absolute Gasteiger partial charge is 0.416 e. The van der Waals surface area contributed by atoms with Crippen LogP contribution in [0.15, 0.2) is 66.9 Å². The SMILES string of the molecule is CC(C)[C@H](C)N(Cc1ccc(C#N)cc1)Cc1cccn1Cc1ccc(C(F)(F)F)cc1. The molecule has 1 aromatic heterocycles. The summed E-state index contributed by atoms with van der Waals surface area (Å²) in [5.41, 5.74) is 3.07. The highest BCUT2D eigenvalue weighted by Crippen LogP contribution is 2.29. The van der Waals surface area contributed by atoms with Gasteiger partial charge in [0.15, 0.2) is 0 Å². The Kier molecular flexibility index (Phi) is 7.42. The number of hydrogen-bond acceptors (Lipinski definition) is 2. The van der Waals surface area contributed by atoms with Gasteiger partial charge in [0.2, 0.25) is 0 Å². The van der Waals surface area contributed by atoms with E-state index in [-0.39, 0.29) is 0 Å². The van der Waals surface area contributed by atoms with E-state index in [4.69, 9.17) is 5.26 Å². The monoisotopic (exact) mass is 439 g/mol. The molecule has 6 heteroatoms. The van der Waals surface area contributed by atoms with Crippen LogP contribution in [0.5, 0.6) is 0 Å². The topological polar surface area (TPSA) is 32.0 Å². The number of hydrogen-bond donors (Lipinski definition) is 0. The lowest BCUT2D eigenvalue weighted by molar-refractivity contribution is -0.137. The highest BCUT2D eigenvalue weighted by molar-refractivity contribution is 5.31. The molecule has 0 radical (unpaired) electrons. The molecule has 32 heavy (non-hydrogen) atoms. The van der Waals surface area contributed by atoms with Gasteiger partial charge in [-0.3, -0.25) is 4.90 Å². The Labute approximate surface area is 187 Å². The molecular formula is C26H28F3N3. The number of benzene rings is 2. The first-order chi connectivity index (χ1) is 15.2. The van der Waals surface area contributed by atoms with Gasteiger partial charge in [-0.2, -0.15) is 18.4 Å². The van der Waals surface area contributed by atoms with Crippen LogP contribution < -0.4 is 0 Å². The second-order valence-corrected chi connectivity index (χ2v) is 8.52. The summed E-state index contributed by atoms with van der Waals surface area (Å²) in [5, 5.41) is 9.03. The molecule has 0 saturated heterocycles. The number of nitriles is 1. The van der Waals surface area contributed by atoms with Crippen molar-refractivity contribution >= 4 is 0 Å². The molecule has 0 aliphatic heterocycles. The molecule has 3 rings (SSSR count). The Bertz CT molecular complexity index is 1040. The maximum atomic E-state index is 12.8. The number of rotatable bonds is 8. The zero-order valence-electron chi connectivity index (χ0n) is 18.6. The van der Waals surface area contributed by atoms with Crippen molar-refractivity contribution in [3.8, 4) is 6.07 Å². The Morgan fingerprint density at radius 2 is 1.53 bits per heavy atom. The number of halogens is 3. The van der Waals surface area contributed by atoms with Crippen LogP contribution in [0.3, 0.4) is 0 Å². The average Bonchev–Trinajstić information content (AvgIpc) is 3.19. The van der Waals surface area contributed by atoms with E-state index in [9.17, 15) is 13.2 Å². The molecule has 168 valence electrons. The smallest absolute Gasteiger partial charge is 0.346 e. The lowest BCUT2D eigenvalue weighted by atomic mass is 10.0. The molecule has 0 amide bonds. The maximum absolute atomic E-state index is 12.8. The van der Waals surface area contributed by atoms with E-state index >= 15 is 0 Å². The van der Waals surface area contributed by atoms with E-state index in [0.717, 1.165) is 35.5 Å². The quantitative estimate of drug-likeness (QED) is 0.403. The van der Waals surface area contributed by atoms with E-state index < -0.39 is 11.7 Å². The van der Waals surface area contributed by atoms with Gasteiger partial charge < -0.3 is 4.57 Å². The molecule has 3 nitrogen and oxygen atoms in total. The molecule has 0 saturated carbocycles. The fourth-order valence-electron chi connectivity index (χ4n) is 3.64. The Morgan fingerprint density at radius 3 is 2.09 bits per heavy atom. The minimum Gasteiger partial charge on any atom is -0.346 e. The molecule has 1 atom stereocenters. The zero-order chi connectivity index (χ0) is 23.3. The van der Waals surface area contributed by atoms with Crippen molar-refractivity contribution < 1.29 is 13.2 Å². The first-order valence-electron chi connectivity index (χ1n) is 10.7. The number of aromatic nitrogens is 1. The third-order valence-electron chi connectivity index (χ3n) is 5.93. The van der Waals surface area contributed by atoms with Crippen molar-refractivity contribution in [2.75, 3.05) is 0 Å². The van der Waals surface area contributed by atoms with Crippen molar-refractivity contribution in [1.29, 1.82) is 5.26 Å². The van der Waals surface area contributed by atoms with Crippen molar-refractivity contribution in [2.24, 2.45) is 5.92 Å². The van der Waals surface area contributed by atoms with E-state index in [1.165, 1.54) is 12.1 Å². The van der Waals surface area contributed by atoms with E-state index in [0.29, 0.717) is 30.6 Å². The standard InChI is InChI=1S/C26H28F3N3/c1-19(2)20(3)32(17-22-8-6-21(15-30)7-9-22)18-25-5-4-14-31(25)16-23-10-12-24(13-11-23)26(27,28)29/h4-14,19-20H,16-18H2,1-3H3/t20-/m0/s1. The van der Waals surface area contributed by atoms with E-state index in [1.807, 2.05) is 36.5 Å². The second-order valence-electron chi connectivity index (χ2n) is 8.52. The summed E-state index contributed by atoms with van der Waals surface area (Å²) in [6.07, 6.45) is -2.36. The summed E-state index contributed by atoms with van der Waals surface area (Å²) in [4.78, 5) is 2.39. The number of nitrogens with zero attached hydrogens (tertiary/aromatic N) is 3. The fourth-order valence-corrected chi connectivity index (χ4v) is 3.64. The first-order valence-corrected chi connectivity index (χ1v) is 10.7. The van der Waals surface area contributed by atoms with Crippen molar-refractivity contribution in [2.45, 2.75) is 52.6 Å². The van der Waals surface area contributed by atoms with Crippen LogP contribution in [-0.2, 0) is 25.8 Å². The van der Waals surface area contributed by atoms with Crippen molar-refractivity contribution in [3.05, 3.63) is 94.8 Å². The Balaban J connectivity index is 1.77. The Morgan fingerprint density at radius 1 is 0.906 bits per heavy atom. The number of alkyl halides is 3. The van der Waals surface area contributed by atoms with Crippen LogP contribution in [0.2, 0.25) is 0 Å². The highest BCUT2D eigenvalue weighted by Gasteiger charge is 2.30. The van der Waals surface area contributed by atoms with Gasteiger partial charge in [0.05, 0.1) is 17.2 Å². The van der Waals surface area contributed by atoms with Crippen LogP contribution in [0, 0.1) is 17.2 Å². The first kappa shape index (κ1) is 23.6. The van der Waals surface area contributed by atoms with Gasteiger partial charge in [0.25, 0.3) is 0 Å². The third-order valence-corrected chi connectivity index (χ3v) is 5.93. The predicted octanol–water partition coefficient (Wildman–Crippen LogP) is 6.47. The summed E-state index contributed by atoms with van der Waals surface area (Å²) in [5.74, 6) is 0.451. The van der Waals surface area contributed by atoms with Crippen LogP contribution in [-0.4, -0.2) is 15.5 Å². The van der Waals surface area contributed by atoms with E-state index in [2.05, 4.69) is 42.4 Å². The van der Waals surface area contributed by atoms with Crippen LogP contribution >= 0.6 is 0 Å². The minimum absolute atomic E-state index is 0.320. The van der Waals surface area contributed by atoms with Crippen molar-refractivity contribution in [1.82, 2.24) is 9.47 Å². The minimum atomic E-state index is -4.32. The van der Waals surface area contributed by atoms with Gasteiger partial charge in [-0.05, 0) is 60.4 Å². The van der Waals surface area contributed by atoms with Gasteiger partial charge in [-0.1, -0.05) is 38.1 Å². The Hall–Kier alpha value is -3.04. The van der Waals surface area contributed by atoms with Crippen LogP contribution in [0.4, 0.5) is 13.2 Å². The molecule has 0 aliphatic carbocycles. The van der Waals surface area contributed by atoms with Gasteiger partial charge >= 0.3 is 6.18 Å². The van der Waals surface area contributed by atoms with Gasteiger partial charge in [0, 0.05) is 37.6 Å². The molecule has 0 spiro atoms. The lowest BCUT2D eigenvalue weighted by Gasteiger charge is -2.32. The average molecular weight is 440 g/mol. The second kappa shape index (κ2) is 10.1. The van der Waals surface area contributed by atoms with Crippen LogP contribution in [0.1, 0.15) is 48.7 Å². The zero-order valence-corrected chi connectivity index (χ0v) is 18.6. The lowest BCUT2D eigenvalue weighted by Crippen LogP contribution is -2.36. The predicted molar refractivity (Wildman–Crippen MR) is 120 cm³/mol. The van der Waals surface area contributed by atoms with Crippen molar-refractivity contribution in [3.63, 3.8) is 0 Å². The van der Waals surface area contributed by atoms with Gasteiger partial charge in [0.1, 0.15) is 0 Å². The van der Waals surface area contributed by atoms with Gasteiger partial charge in [-0.25, -0.2) is 0 Å². The molecule has 2 aromatic carbocycles. The third kappa shape index (κ3) is 6.02. The molecule has 0 bridgehead atoms.